The fourth-order valence-corrected chi connectivity index (χ4v) is 3.78. The fraction of sp³-hybridized carbons (Fsp3) is 0.500. The Morgan fingerprint density at radius 3 is 2.89 bits per heavy atom. The molecule has 4 heteroatoms. The monoisotopic (exact) mass is 261 g/mol. The Hall–Kier alpha value is -1.00. The van der Waals surface area contributed by atoms with Crippen LogP contribution in [0.2, 0.25) is 0 Å². The van der Waals surface area contributed by atoms with E-state index in [-0.39, 0.29) is 5.54 Å². The lowest BCUT2D eigenvalue weighted by atomic mass is 10.1. The van der Waals surface area contributed by atoms with E-state index in [0.29, 0.717) is 6.04 Å². The van der Waals surface area contributed by atoms with Crippen LogP contribution in [0, 0.1) is 0 Å². The summed E-state index contributed by atoms with van der Waals surface area (Å²) in [6.45, 7) is 4.52. The molecule has 2 heterocycles. The van der Waals surface area contributed by atoms with Gasteiger partial charge in [0.05, 0.1) is 17.1 Å². The first-order valence-corrected chi connectivity index (χ1v) is 7.49. The van der Waals surface area contributed by atoms with Crippen molar-refractivity contribution in [1.29, 1.82) is 0 Å². The number of aromatic nitrogens is 2. The van der Waals surface area contributed by atoms with E-state index in [0.717, 1.165) is 22.8 Å². The van der Waals surface area contributed by atoms with Gasteiger partial charge >= 0.3 is 0 Å². The van der Waals surface area contributed by atoms with Crippen LogP contribution in [-0.2, 0) is 7.05 Å². The number of imidazole rings is 1. The predicted octanol–water partition coefficient (Wildman–Crippen LogP) is 2.73. The zero-order valence-electron chi connectivity index (χ0n) is 11.1. The summed E-state index contributed by atoms with van der Waals surface area (Å²) in [4.78, 5) is 4.79. The molecule has 0 spiro atoms. The van der Waals surface area contributed by atoms with E-state index in [4.69, 9.17) is 4.98 Å². The Morgan fingerprint density at radius 1 is 1.39 bits per heavy atom. The van der Waals surface area contributed by atoms with E-state index in [1.54, 1.807) is 0 Å². The van der Waals surface area contributed by atoms with Crippen LogP contribution in [0.25, 0.3) is 11.0 Å². The maximum absolute atomic E-state index is 4.79. The number of nitrogens with one attached hydrogen (secondary N) is 1. The third-order valence-electron chi connectivity index (χ3n) is 3.45. The maximum Gasteiger partial charge on any atom is 0.127 e. The lowest BCUT2D eigenvalue weighted by molar-refractivity contribution is 0.363. The first-order chi connectivity index (χ1) is 8.57. The molecule has 1 aliphatic rings. The third-order valence-corrected chi connectivity index (χ3v) is 4.94. The molecule has 1 saturated heterocycles. The van der Waals surface area contributed by atoms with Crippen LogP contribution >= 0.6 is 11.8 Å². The second-order valence-electron chi connectivity index (χ2n) is 5.61. The predicted molar refractivity (Wildman–Crippen MR) is 78.0 cm³/mol. The van der Waals surface area contributed by atoms with Crippen molar-refractivity contribution in [3.8, 4) is 0 Å². The second kappa shape index (κ2) is 4.28. The first-order valence-electron chi connectivity index (χ1n) is 6.34. The molecule has 3 nitrogen and oxygen atoms in total. The summed E-state index contributed by atoms with van der Waals surface area (Å²) in [5.41, 5.74) is 2.49. The normalized spacial score (nSPS) is 23.4. The maximum atomic E-state index is 4.79. The Kier molecular flexibility index (Phi) is 2.87. The average Bonchev–Trinajstić information content (AvgIpc) is 2.66. The van der Waals surface area contributed by atoms with Crippen molar-refractivity contribution in [2.24, 2.45) is 7.05 Å². The molecule has 1 aromatic heterocycles. The quantitative estimate of drug-likeness (QED) is 0.856. The van der Waals surface area contributed by atoms with Gasteiger partial charge in [-0.3, -0.25) is 0 Å². The number of hydrogen-bond donors (Lipinski definition) is 1. The molecule has 0 aliphatic carbocycles. The SMILES string of the molecule is Cn1c(C2CSCC(C)(C)N2)nc2ccccc21. The van der Waals surface area contributed by atoms with Crippen molar-refractivity contribution in [2.45, 2.75) is 25.4 Å². The second-order valence-corrected chi connectivity index (χ2v) is 6.64. The number of nitrogens with zero attached hydrogens (tertiary/aromatic N) is 2. The van der Waals surface area contributed by atoms with Gasteiger partial charge in [0.2, 0.25) is 0 Å². The van der Waals surface area contributed by atoms with E-state index in [1.165, 1.54) is 5.52 Å². The zero-order chi connectivity index (χ0) is 12.8. The van der Waals surface area contributed by atoms with Crippen molar-refractivity contribution in [1.82, 2.24) is 14.9 Å². The smallest absolute Gasteiger partial charge is 0.127 e. The van der Waals surface area contributed by atoms with E-state index < -0.39 is 0 Å². The van der Waals surface area contributed by atoms with E-state index in [2.05, 4.69) is 49.0 Å². The number of thioether (sulfide) groups is 1. The standard InChI is InChI=1S/C14H19N3S/c1-14(2)9-18-8-11(16-14)13-15-10-6-4-5-7-12(10)17(13)3/h4-7,11,16H,8-9H2,1-3H3. The van der Waals surface area contributed by atoms with Crippen molar-refractivity contribution in [3.63, 3.8) is 0 Å². The van der Waals surface area contributed by atoms with Crippen LogP contribution in [0.1, 0.15) is 25.7 Å². The molecule has 1 N–H and O–H groups in total. The molecule has 1 aliphatic heterocycles. The summed E-state index contributed by atoms with van der Waals surface area (Å²) < 4.78 is 2.22. The molecule has 1 atom stereocenters. The molecule has 1 aromatic carbocycles. The van der Waals surface area contributed by atoms with Crippen molar-refractivity contribution < 1.29 is 0 Å². The summed E-state index contributed by atoms with van der Waals surface area (Å²) in [6, 6.07) is 8.68. The van der Waals surface area contributed by atoms with Crippen molar-refractivity contribution >= 4 is 22.8 Å². The van der Waals surface area contributed by atoms with Gasteiger partial charge in [0, 0.05) is 24.1 Å². The lowest BCUT2D eigenvalue weighted by Crippen LogP contribution is -2.48. The minimum atomic E-state index is 0.186. The number of rotatable bonds is 1. The highest BCUT2D eigenvalue weighted by molar-refractivity contribution is 7.99. The molecule has 96 valence electrons. The number of para-hydroxylation sites is 2. The Labute approximate surface area is 112 Å². The van der Waals surface area contributed by atoms with Gasteiger partial charge in [-0.15, -0.1) is 0 Å². The van der Waals surface area contributed by atoms with Gasteiger partial charge in [-0.25, -0.2) is 4.98 Å². The lowest BCUT2D eigenvalue weighted by Gasteiger charge is -2.36. The number of fused-ring (bicyclic) bond motifs is 1. The molecule has 0 radical (unpaired) electrons. The Morgan fingerprint density at radius 2 is 2.17 bits per heavy atom. The Bertz CT molecular complexity index is 573. The van der Waals surface area contributed by atoms with Gasteiger partial charge in [-0.1, -0.05) is 12.1 Å². The highest BCUT2D eigenvalue weighted by atomic mass is 32.2. The van der Waals surface area contributed by atoms with Crippen LogP contribution < -0.4 is 5.32 Å². The summed E-state index contributed by atoms with van der Waals surface area (Å²) in [5, 5.41) is 3.71. The number of aryl methyl sites for hydroxylation is 1. The third kappa shape index (κ3) is 2.04. The molecular formula is C14H19N3S. The molecule has 0 amide bonds. The number of benzene rings is 1. The van der Waals surface area contributed by atoms with Crippen LogP contribution in [0.5, 0.6) is 0 Å². The molecule has 0 saturated carbocycles. The summed E-state index contributed by atoms with van der Waals surface area (Å²) in [5.74, 6) is 3.41. The summed E-state index contributed by atoms with van der Waals surface area (Å²) >= 11 is 2.01. The average molecular weight is 261 g/mol. The first kappa shape index (κ1) is 12.1. The summed E-state index contributed by atoms with van der Waals surface area (Å²) in [6.07, 6.45) is 0. The van der Waals surface area contributed by atoms with E-state index in [1.807, 2.05) is 17.8 Å². The molecule has 1 unspecified atom stereocenters. The van der Waals surface area contributed by atoms with Gasteiger partial charge in [-0.2, -0.15) is 11.8 Å². The minimum absolute atomic E-state index is 0.186. The van der Waals surface area contributed by atoms with Crippen LogP contribution in [0.4, 0.5) is 0 Å². The van der Waals surface area contributed by atoms with Gasteiger partial charge in [0.25, 0.3) is 0 Å². The molecule has 3 rings (SSSR count). The van der Waals surface area contributed by atoms with Gasteiger partial charge in [0.15, 0.2) is 0 Å². The molecule has 0 bridgehead atoms. The highest BCUT2D eigenvalue weighted by Crippen LogP contribution is 2.30. The van der Waals surface area contributed by atoms with Gasteiger partial charge in [0.1, 0.15) is 5.82 Å². The number of hydrogen-bond acceptors (Lipinski definition) is 3. The molecular weight excluding hydrogens is 242 g/mol. The van der Waals surface area contributed by atoms with Gasteiger partial charge in [-0.05, 0) is 26.0 Å². The van der Waals surface area contributed by atoms with Crippen LogP contribution in [0.3, 0.4) is 0 Å². The zero-order valence-corrected chi connectivity index (χ0v) is 11.9. The fourth-order valence-electron chi connectivity index (χ4n) is 2.60. The summed E-state index contributed by atoms with van der Waals surface area (Å²) in [7, 11) is 2.11. The highest BCUT2D eigenvalue weighted by Gasteiger charge is 2.30. The van der Waals surface area contributed by atoms with Crippen molar-refractivity contribution in [3.05, 3.63) is 30.1 Å². The van der Waals surface area contributed by atoms with Gasteiger partial charge < -0.3 is 9.88 Å². The van der Waals surface area contributed by atoms with Crippen molar-refractivity contribution in [2.75, 3.05) is 11.5 Å². The Balaban J connectivity index is 2.01. The van der Waals surface area contributed by atoms with Crippen LogP contribution in [-0.4, -0.2) is 26.6 Å². The topological polar surface area (TPSA) is 29.9 Å². The molecule has 2 aromatic rings. The van der Waals surface area contributed by atoms with E-state index in [9.17, 15) is 0 Å². The molecule has 1 fully saturated rings. The van der Waals surface area contributed by atoms with E-state index >= 15 is 0 Å². The minimum Gasteiger partial charge on any atom is -0.330 e. The molecule has 18 heavy (non-hydrogen) atoms. The van der Waals surface area contributed by atoms with Crippen LogP contribution in [0.15, 0.2) is 24.3 Å². The largest absolute Gasteiger partial charge is 0.330 e.